The van der Waals surface area contributed by atoms with Crippen molar-refractivity contribution in [1.82, 2.24) is 29.5 Å². The van der Waals surface area contributed by atoms with E-state index in [2.05, 4.69) is 41.7 Å². The summed E-state index contributed by atoms with van der Waals surface area (Å²) in [5, 5.41) is 5.49. The van der Waals surface area contributed by atoms with Gasteiger partial charge in [0.2, 0.25) is 0 Å². The minimum atomic E-state index is 0. The average molecular weight is 389 g/mol. The largest absolute Gasteiger partial charge is 0.289 e. The lowest BCUT2D eigenvalue weighted by atomic mass is 9.98. The highest BCUT2D eigenvalue weighted by Crippen LogP contribution is 2.44. The molecule has 2 atom stereocenters. The van der Waals surface area contributed by atoms with Crippen LogP contribution in [-0.2, 0) is 13.0 Å². The molecule has 1 saturated heterocycles. The number of halogens is 1. The molecule has 2 aliphatic heterocycles. The van der Waals surface area contributed by atoms with Gasteiger partial charge in [-0.2, -0.15) is 5.10 Å². The predicted octanol–water partition coefficient (Wildman–Crippen LogP) is 3.23. The van der Waals surface area contributed by atoms with Crippen molar-refractivity contribution in [2.45, 2.75) is 50.0 Å². The van der Waals surface area contributed by atoms with Crippen LogP contribution in [0.1, 0.15) is 41.4 Å². The molecular formula is C18H21ClN6S. The third kappa shape index (κ3) is 2.78. The van der Waals surface area contributed by atoms with Crippen LogP contribution in [0.5, 0.6) is 0 Å². The molecule has 0 aliphatic carbocycles. The third-order valence-electron chi connectivity index (χ3n) is 5.40. The molecule has 3 aromatic heterocycles. The summed E-state index contributed by atoms with van der Waals surface area (Å²) in [6, 6.07) is 3.04. The SMILES string of the molecule is CSc1ncc(CN2C3CCC2c2cnc4cc(C)nn4c2C3)cn1.Cl. The maximum atomic E-state index is 4.66. The lowest BCUT2D eigenvalue weighted by molar-refractivity contribution is 0.164. The molecule has 0 spiro atoms. The van der Waals surface area contributed by atoms with Crippen molar-refractivity contribution >= 4 is 29.8 Å². The van der Waals surface area contributed by atoms with E-state index in [0.29, 0.717) is 12.1 Å². The number of nitrogens with zero attached hydrogens (tertiary/aromatic N) is 6. The minimum Gasteiger partial charge on any atom is -0.289 e. The van der Waals surface area contributed by atoms with Gasteiger partial charge in [-0.15, -0.1) is 12.4 Å². The number of thioether (sulfide) groups is 1. The summed E-state index contributed by atoms with van der Waals surface area (Å²) in [4.78, 5) is 16.1. The Morgan fingerprint density at radius 1 is 1.15 bits per heavy atom. The van der Waals surface area contributed by atoms with Gasteiger partial charge in [-0.05, 0) is 26.0 Å². The molecule has 5 heterocycles. The summed E-state index contributed by atoms with van der Waals surface area (Å²) in [5.74, 6) is 0. The van der Waals surface area contributed by atoms with Crippen LogP contribution in [-0.4, -0.2) is 41.8 Å². The van der Waals surface area contributed by atoms with Crippen LogP contribution in [0.4, 0.5) is 0 Å². The van der Waals surface area contributed by atoms with Crippen molar-refractivity contribution in [3.8, 4) is 0 Å². The highest BCUT2D eigenvalue weighted by molar-refractivity contribution is 7.98. The van der Waals surface area contributed by atoms with Gasteiger partial charge in [-0.3, -0.25) is 4.90 Å². The molecule has 0 radical (unpaired) electrons. The van der Waals surface area contributed by atoms with E-state index in [1.807, 2.05) is 25.6 Å². The Balaban J connectivity index is 0.00000168. The Morgan fingerprint density at radius 3 is 2.73 bits per heavy atom. The van der Waals surface area contributed by atoms with Crippen LogP contribution >= 0.6 is 24.2 Å². The third-order valence-corrected chi connectivity index (χ3v) is 5.97. The van der Waals surface area contributed by atoms with E-state index < -0.39 is 0 Å². The fourth-order valence-electron chi connectivity index (χ4n) is 4.28. The Labute approximate surface area is 162 Å². The van der Waals surface area contributed by atoms with E-state index in [-0.39, 0.29) is 12.4 Å². The summed E-state index contributed by atoms with van der Waals surface area (Å²) >= 11 is 1.58. The summed E-state index contributed by atoms with van der Waals surface area (Å²) < 4.78 is 2.06. The molecule has 1 fully saturated rings. The molecule has 26 heavy (non-hydrogen) atoms. The summed E-state index contributed by atoms with van der Waals surface area (Å²) in [6.07, 6.45) is 11.5. The van der Waals surface area contributed by atoms with E-state index in [1.54, 1.807) is 11.8 Å². The lowest BCUT2D eigenvalue weighted by Crippen LogP contribution is -2.38. The Kier molecular flexibility index (Phi) is 4.62. The zero-order chi connectivity index (χ0) is 17.0. The van der Waals surface area contributed by atoms with Gasteiger partial charge in [-0.1, -0.05) is 11.8 Å². The van der Waals surface area contributed by atoms with E-state index >= 15 is 0 Å². The zero-order valence-electron chi connectivity index (χ0n) is 14.8. The van der Waals surface area contributed by atoms with Crippen LogP contribution in [0, 0.1) is 6.92 Å². The van der Waals surface area contributed by atoms with Gasteiger partial charge in [0, 0.05) is 60.8 Å². The van der Waals surface area contributed by atoms with Crippen LogP contribution < -0.4 is 0 Å². The Hall–Kier alpha value is -1.70. The van der Waals surface area contributed by atoms with Gasteiger partial charge in [0.25, 0.3) is 0 Å². The second kappa shape index (κ2) is 6.79. The van der Waals surface area contributed by atoms with E-state index in [9.17, 15) is 0 Å². The second-order valence-corrected chi connectivity index (χ2v) is 7.69. The monoisotopic (exact) mass is 388 g/mol. The molecule has 0 N–H and O–H groups in total. The zero-order valence-corrected chi connectivity index (χ0v) is 16.4. The first-order chi connectivity index (χ1) is 12.2. The average Bonchev–Trinajstić information content (AvgIpc) is 3.13. The predicted molar refractivity (Wildman–Crippen MR) is 104 cm³/mol. The molecule has 0 saturated carbocycles. The van der Waals surface area contributed by atoms with Gasteiger partial charge < -0.3 is 0 Å². The normalized spacial score (nSPS) is 21.6. The molecule has 5 rings (SSSR count). The van der Waals surface area contributed by atoms with Crippen molar-refractivity contribution in [3.05, 3.63) is 47.2 Å². The molecule has 2 unspecified atom stereocenters. The Morgan fingerprint density at radius 2 is 1.96 bits per heavy atom. The number of fused-ring (bicyclic) bond motifs is 6. The van der Waals surface area contributed by atoms with Crippen LogP contribution in [0.15, 0.2) is 29.8 Å². The van der Waals surface area contributed by atoms with Gasteiger partial charge in [0.15, 0.2) is 10.8 Å². The van der Waals surface area contributed by atoms with Crippen LogP contribution in [0.3, 0.4) is 0 Å². The number of aromatic nitrogens is 5. The molecular weight excluding hydrogens is 368 g/mol. The number of aryl methyl sites for hydroxylation is 1. The number of hydrogen-bond donors (Lipinski definition) is 0. The quantitative estimate of drug-likeness (QED) is 0.507. The minimum absolute atomic E-state index is 0. The molecule has 6 nitrogen and oxygen atoms in total. The fourth-order valence-corrected chi connectivity index (χ4v) is 4.60. The van der Waals surface area contributed by atoms with Gasteiger partial charge >= 0.3 is 0 Å². The molecule has 8 heteroatoms. The maximum Gasteiger partial charge on any atom is 0.187 e. The van der Waals surface area contributed by atoms with Crippen molar-refractivity contribution in [3.63, 3.8) is 0 Å². The summed E-state index contributed by atoms with van der Waals surface area (Å²) in [7, 11) is 0. The molecule has 2 aliphatic rings. The van der Waals surface area contributed by atoms with Crippen LogP contribution in [0.25, 0.3) is 5.65 Å². The molecule has 0 aromatic carbocycles. The van der Waals surface area contributed by atoms with Crippen molar-refractivity contribution in [2.24, 2.45) is 0 Å². The maximum absolute atomic E-state index is 4.66. The number of rotatable bonds is 3. The van der Waals surface area contributed by atoms with Crippen molar-refractivity contribution in [1.29, 1.82) is 0 Å². The first-order valence-electron chi connectivity index (χ1n) is 8.68. The standard InChI is InChI=1S/C18H20N6S.ClH/c1-11-5-17-19-9-14-15-4-3-13(6-16(14)24(17)22-11)23(15)10-12-7-20-18(25-2)21-8-12;/h5,7-9,13,15H,3-4,6,10H2,1-2H3;1H. The van der Waals surface area contributed by atoms with Crippen molar-refractivity contribution in [2.75, 3.05) is 6.26 Å². The molecule has 0 amide bonds. The Bertz CT molecular complexity index is 941. The topological polar surface area (TPSA) is 59.2 Å². The molecule has 136 valence electrons. The molecule has 3 aromatic rings. The highest BCUT2D eigenvalue weighted by Gasteiger charge is 2.41. The lowest BCUT2D eigenvalue weighted by Gasteiger charge is -2.36. The van der Waals surface area contributed by atoms with E-state index in [0.717, 1.165) is 29.5 Å². The first-order valence-corrected chi connectivity index (χ1v) is 9.90. The van der Waals surface area contributed by atoms with Gasteiger partial charge in [0.1, 0.15) is 0 Å². The van der Waals surface area contributed by atoms with Gasteiger partial charge in [0.05, 0.1) is 11.4 Å². The number of hydrogen-bond acceptors (Lipinski definition) is 6. The van der Waals surface area contributed by atoms with Gasteiger partial charge in [-0.25, -0.2) is 19.5 Å². The van der Waals surface area contributed by atoms with Crippen molar-refractivity contribution < 1.29 is 0 Å². The first kappa shape index (κ1) is 17.7. The summed E-state index contributed by atoms with van der Waals surface area (Å²) in [5.41, 5.74) is 5.86. The molecule has 2 bridgehead atoms. The van der Waals surface area contributed by atoms with Crippen LogP contribution in [0.2, 0.25) is 0 Å². The second-order valence-electron chi connectivity index (χ2n) is 6.92. The highest BCUT2D eigenvalue weighted by atomic mass is 35.5. The fraction of sp³-hybridized carbons (Fsp3) is 0.444. The smallest absolute Gasteiger partial charge is 0.187 e. The summed E-state index contributed by atoms with van der Waals surface area (Å²) in [6.45, 7) is 2.93. The van der Waals surface area contributed by atoms with E-state index in [4.69, 9.17) is 0 Å². The van der Waals surface area contributed by atoms with E-state index in [1.165, 1.54) is 29.7 Å².